The predicted octanol–water partition coefficient (Wildman–Crippen LogP) is 4.50. The fourth-order valence-electron chi connectivity index (χ4n) is 3.65. The van der Waals surface area contributed by atoms with Gasteiger partial charge in [0.2, 0.25) is 0 Å². The van der Waals surface area contributed by atoms with Gasteiger partial charge in [-0.2, -0.15) is 5.10 Å². The van der Waals surface area contributed by atoms with Crippen LogP contribution in [0.1, 0.15) is 45.7 Å². The van der Waals surface area contributed by atoms with Crippen molar-refractivity contribution in [2.24, 2.45) is 11.8 Å². The van der Waals surface area contributed by atoms with Gasteiger partial charge in [0.05, 0.1) is 30.1 Å². The van der Waals surface area contributed by atoms with Crippen LogP contribution in [0.5, 0.6) is 0 Å². The van der Waals surface area contributed by atoms with E-state index < -0.39 is 0 Å². The number of ether oxygens (including phenoxy) is 1. The van der Waals surface area contributed by atoms with Crippen molar-refractivity contribution >= 4 is 23.2 Å². The van der Waals surface area contributed by atoms with Crippen molar-refractivity contribution in [2.45, 2.75) is 57.4 Å². The molecular weight excluding hydrogens is 307 g/mol. The number of halogens is 2. The summed E-state index contributed by atoms with van der Waals surface area (Å²) in [7, 11) is 1.70. The highest BCUT2D eigenvalue weighted by Crippen LogP contribution is 2.46. The van der Waals surface area contributed by atoms with Crippen molar-refractivity contribution in [2.75, 3.05) is 13.7 Å². The minimum Gasteiger partial charge on any atom is -0.383 e. The molecule has 0 saturated heterocycles. The first-order valence-electron chi connectivity index (χ1n) is 7.72. The Hall–Kier alpha value is -0.250. The van der Waals surface area contributed by atoms with Crippen LogP contribution in [0.2, 0.25) is 5.02 Å². The summed E-state index contributed by atoms with van der Waals surface area (Å²) >= 11 is 13.1. The number of hydrogen-bond acceptors (Lipinski definition) is 2. The topological polar surface area (TPSA) is 27.1 Å². The van der Waals surface area contributed by atoms with E-state index in [1.54, 1.807) is 13.3 Å². The summed E-state index contributed by atoms with van der Waals surface area (Å²) in [4.78, 5) is 0. The molecule has 0 aromatic carbocycles. The van der Waals surface area contributed by atoms with Crippen LogP contribution in [0.4, 0.5) is 0 Å². The van der Waals surface area contributed by atoms with Gasteiger partial charge in [0, 0.05) is 17.9 Å². The second kappa shape index (κ2) is 6.89. The zero-order chi connectivity index (χ0) is 15.6. The highest BCUT2D eigenvalue weighted by atomic mass is 35.5. The van der Waals surface area contributed by atoms with E-state index in [0.29, 0.717) is 18.4 Å². The third kappa shape index (κ3) is 3.57. The van der Waals surface area contributed by atoms with E-state index >= 15 is 0 Å². The van der Waals surface area contributed by atoms with Gasteiger partial charge < -0.3 is 4.74 Å². The van der Waals surface area contributed by atoms with Gasteiger partial charge in [-0.1, -0.05) is 38.8 Å². The molecular formula is C16H26Cl2N2O. The molecule has 1 aliphatic rings. The van der Waals surface area contributed by atoms with E-state index in [1.807, 2.05) is 4.68 Å². The molecule has 1 aliphatic carbocycles. The van der Waals surface area contributed by atoms with Crippen LogP contribution in [0.3, 0.4) is 0 Å². The normalized spacial score (nSPS) is 27.0. The Labute approximate surface area is 137 Å². The Morgan fingerprint density at radius 1 is 1.43 bits per heavy atom. The Kier molecular flexibility index (Phi) is 5.61. The molecule has 2 rings (SSSR count). The van der Waals surface area contributed by atoms with Gasteiger partial charge in [0.1, 0.15) is 0 Å². The van der Waals surface area contributed by atoms with Crippen LogP contribution in [0, 0.1) is 11.8 Å². The molecule has 1 saturated carbocycles. The van der Waals surface area contributed by atoms with Crippen molar-refractivity contribution in [1.82, 2.24) is 9.78 Å². The Bertz CT molecular complexity index is 473. The van der Waals surface area contributed by atoms with Gasteiger partial charge in [-0.3, -0.25) is 4.68 Å². The monoisotopic (exact) mass is 332 g/mol. The summed E-state index contributed by atoms with van der Waals surface area (Å²) in [6.45, 7) is 8.13. The molecule has 0 amide bonds. The number of hydrogen-bond donors (Lipinski definition) is 0. The standard InChI is InChI=1S/C16H26Cl2N2O/c1-11-5-6-12(13(17)9-11)16(2,3)15-14(18)10-19-20(15)7-8-21-4/h10-13H,5-9H2,1-4H3. The SMILES string of the molecule is COCCn1ncc(Cl)c1C(C)(C)C1CCC(C)CC1Cl. The summed E-state index contributed by atoms with van der Waals surface area (Å²) in [5, 5.41) is 5.35. The summed E-state index contributed by atoms with van der Waals surface area (Å²) in [5.74, 6) is 1.14. The molecule has 3 nitrogen and oxygen atoms in total. The van der Waals surface area contributed by atoms with Gasteiger partial charge in [-0.15, -0.1) is 11.6 Å². The Morgan fingerprint density at radius 3 is 2.76 bits per heavy atom. The average molecular weight is 333 g/mol. The Morgan fingerprint density at radius 2 is 2.14 bits per heavy atom. The van der Waals surface area contributed by atoms with E-state index in [-0.39, 0.29) is 10.8 Å². The molecule has 0 aliphatic heterocycles. The van der Waals surface area contributed by atoms with Crippen molar-refractivity contribution in [3.63, 3.8) is 0 Å². The van der Waals surface area contributed by atoms with Crippen molar-refractivity contribution in [3.8, 4) is 0 Å². The molecule has 1 fully saturated rings. The molecule has 0 spiro atoms. The molecule has 21 heavy (non-hydrogen) atoms. The van der Waals surface area contributed by atoms with Crippen LogP contribution in [0.25, 0.3) is 0 Å². The average Bonchev–Trinajstić information content (AvgIpc) is 2.77. The molecule has 3 atom stereocenters. The van der Waals surface area contributed by atoms with E-state index in [2.05, 4.69) is 25.9 Å². The maximum Gasteiger partial charge on any atom is 0.0823 e. The first-order valence-corrected chi connectivity index (χ1v) is 8.54. The first kappa shape index (κ1) is 17.1. The third-order valence-corrected chi connectivity index (χ3v) is 5.63. The summed E-state index contributed by atoms with van der Waals surface area (Å²) < 4.78 is 7.15. The highest BCUT2D eigenvalue weighted by molar-refractivity contribution is 6.31. The molecule has 120 valence electrons. The molecule has 0 bridgehead atoms. The lowest BCUT2D eigenvalue weighted by atomic mass is 9.67. The third-order valence-electron chi connectivity index (χ3n) is 4.87. The lowest BCUT2D eigenvalue weighted by molar-refractivity contribution is 0.171. The van der Waals surface area contributed by atoms with Crippen LogP contribution < -0.4 is 0 Å². The maximum atomic E-state index is 6.69. The summed E-state index contributed by atoms with van der Waals surface area (Å²) in [6, 6.07) is 0. The fraction of sp³-hybridized carbons (Fsp3) is 0.812. The number of methoxy groups -OCH3 is 1. The number of aromatic nitrogens is 2. The second-order valence-corrected chi connectivity index (χ2v) is 7.79. The highest BCUT2D eigenvalue weighted by Gasteiger charge is 2.42. The van der Waals surface area contributed by atoms with Crippen LogP contribution in [0.15, 0.2) is 6.20 Å². The van der Waals surface area contributed by atoms with Crippen molar-refractivity contribution in [1.29, 1.82) is 0 Å². The predicted molar refractivity (Wildman–Crippen MR) is 88.3 cm³/mol. The first-order chi connectivity index (χ1) is 9.87. The molecule has 0 N–H and O–H groups in total. The number of alkyl halides is 1. The minimum absolute atomic E-state index is 0.0894. The van der Waals surface area contributed by atoms with Gasteiger partial charge in [0.15, 0.2) is 0 Å². The lowest BCUT2D eigenvalue weighted by Crippen LogP contribution is -2.40. The molecule has 1 aromatic heterocycles. The van der Waals surface area contributed by atoms with Crippen molar-refractivity contribution in [3.05, 3.63) is 16.9 Å². The smallest absolute Gasteiger partial charge is 0.0823 e. The maximum absolute atomic E-state index is 6.69. The zero-order valence-electron chi connectivity index (χ0n) is 13.4. The number of rotatable bonds is 5. The molecule has 0 radical (unpaired) electrons. The summed E-state index contributed by atoms with van der Waals surface area (Å²) in [5.41, 5.74) is 1.000. The van der Waals surface area contributed by atoms with E-state index in [9.17, 15) is 0 Å². The van der Waals surface area contributed by atoms with Gasteiger partial charge in [-0.25, -0.2) is 0 Å². The van der Waals surface area contributed by atoms with E-state index in [0.717, 1.165) is 30.1 Å². The van der Waals surface area contributed by atoms with Crippen LogP contribution >= 0.6 is 23.2 Å². The van der Waals surface area contributed by atoms with E-state index in [1.165, 1.54) is 6.42 Å². The molecule has 3 unspecified atom stereocenters. The fourth-order valence-corrected chi connectivity index (χ4v) is 4.78. The zero-order valence-corrected chi connectivity index (χ0v) is 14.9. The van der Waals surface area contributed by atoms with E-state index in [4.69, 9.17) is 27.9 Å². The largest absolute Gasteiger partial charge is 0.383 e. The molecule has 1 heterocycles. The second-order valence-electron chi connectivity index (χ2n) is 6.82. The van der Waals surface area contributed by atoms with Gasteiger partial charge in [0.25, 0.3) is 0 Å². The van der Waals surface area contributed by atoms with Gasteiger partial charge >= 0.3 is 0 Å². The summed E-state index contributed by atoms with van der Waals surface area (Å²) in [6.07, 6.45) is 5.21. The molecule has 5 heteroatoms. The van der Waals surface area contributed by atoms with Gasteiger partial charge in [-0.05, 0) is 24.7 Å². The van der Waals surface area contributed by atoms with Crippen LogP contribution in [-0.4, -0.2) is 28.9 Å². The number of nitrogens with zero attached hydrogens (tertiary/aromatic N) is 2. The van der Waals surface area contributed by atoms with Crippen LogP contribution in [-0.2, 0) is 16.7 Å². The minimum atomic E-state index is -0.0894. The quantitative estimate of drug-likeness (QED) is 0.742. The lowest BCUT2D eigenvalue weighted by Gasteiger charge is -2.42. The Balaban J connectivity index is 2.28. The molecule has 1 aromatic rings. The van der Waals surface area contributed by atoms with Crippen molar-refractivity contribution < 1.29 is 4.74 Å².